The van der Waals surface area contributed by atoms with E-state index in [4.69, 9.17) is 4.42 Å². The molecule has 0 radical (unpaired) electrons. The van der Waals surface area contributed by atoms with E-state index in [1.807, 2.05) is 23.6 Å². The summed E-state index contributed by atoms with van der Waals surface area (Å²) in [5.41, 5.74) is 0. The second-order valence-electron chi connectivity index (χ2n) is 4.49. The van der Waals surface area contributed by atoms with Crippen LogP contribution in [0.25, 0.3) is 0 Å². The fraction of sp³-hybridized carbons (Fsp3) is 0.357. The van der Waals surface area contributed by atoms with Crippen molar-refractivity contribution in [2.45, 2.75) is 19.3 Å². The Labute approximate surface area is 110 Å². The molecule has 94 valence electrons. The number of furan rings is 1. The van der Waals surface area contributed by atoms with E-state index in [1.165, 1.54) is 30.6 Å². The predicted molar refractivity (Wildman–Crippen MR) is 72.5 cm³/mol. The summed E-state index contributed by atoms with van der Waals surface area (Å²) in [5, 5.41) is 1.90. The largest absolute Gasteiger partial charge is 0.437 e. The molecule has 0 amide bonds. The lowest BCUT2D eigenvalue weighted by Crippen LogP contribution is -2.28. The minimum Gasteiger partial charge on any atom is -0.437 e. The highest BCUT2D eigenvalue weighted by molar-refractivity contribution is 7.12. The molecule has 18 heavy (non-hydrogen) atoms. The molecule has 0 atom stereocenters. The summed E-state index contributed by atoms with van der Waals surface area (Å²) < 4.78 is 5.69. The summed E-state index contributed by atoms with van der Waals surface area (Å²) in [6, 6.07) is 7.40. The minimum atomic E-state index is -0.0201. The number of carbonyl (C=O) groups excluding carboxylic acids is 1. The third kappa shape index (κ3) is 2.20. The van der Waals surface area contributed by atoms with Crippen LogP contribution in [0.3, 0.4) is 0 Å². The SMILES string of the molecule is O=C(c1ccc(N2CCCCC2)o1)c1cccs1. The van der Waals surface area contributed by atoms with E-state index >= 15 is 0 Å². The topological polar surface area (TPSA) is 33.5 Å². The number of hydrogen-bond acceptors (Lipinski definition) is 4. The van der Waals surface area contributed by atoms with Gasteiger partial charge in [-0.1, -0.05) is 6.07 Å². The van der Waals surface area contributed by atoms with Gasteiger partial charge in [0.15, 0.2) is 11.6 Å². The van der Waals surface area contributed by atoms with Crippen molar-refractivity contribution in [3.05, 3.63) is 40.3 Å². The highest BCUT2D eigenvalue weighted by Crippen LogP contribution is 2.24. The lowest BCUT2D eigenvalue weighted by Gasteiger charge is -2.25. The number of hydrogen-bond donors (Lipinski definition) is 0. The van der Waals surface area contributed by atoms with Crippen LogP contribution in [-0.2, 0) is 0 Å². The molecule has 0 unspecified atom stereocenters. The maximum absolute atomic E-state index is 12.1. The van der Waals surface area contributed by atoms with E-state index in [0.717, 1.165) is 23.9 Å². The Bertz CT molecular complexity index is 524. The number of nitrogens with zero attached hydrogens (tertiary/aromatic N) is 1. The summed E-state index contributed by atoms with van der Waals surface area (Å²) in [4.78, 5) is 15.0. The minimum absolute atomic E-state index is 0.0201. The molecule has 0 bridgehead atoms. The van der Waals surface area contributed by atoms with E-state index in [9.17, 15) is 4.79 Å². The summed E-state index contributed by atoms with van der Waals surface area (Å²) >= 11 is 1.45. The third-order valence-corrected chi connectivity index (χ3v) is 4.10. The molecule has 2 aromatic rings. The van der Waals surface area contributed by atoms with Crippen LogP contribution >= 0.6 is 11.3 Å². The van der Waals surface area contributed by atoms with Gasteiger partial charge in [-0.05, 0) is 36.8 Å². The first-order chi connectivity index (χ1) is 8.84. The number of ketones is 1. The molecular weight excluding hydrogens is 246 g/mol. The van der Waals surface area contributed by atoms with Crippen molar-refractivity contribution >= 4 is 23.0 Å². The lowest BCUT2D eigenvalue weighted by atomic mass is 10.1. The van der Waals surface area contributed by atoms with Gasteiger partial charge < -0.3 is 9.32 Å². The van der Waals surface area contributed by atoms with Gasteiger partial charge in [-0.2, -0.15) is 0 Å². The van der Waals surface area contributed by atoms with Crippen molar-refractivity contribution in [3.63, 3.8) is 0 Å². The third-order valence-electron chi connectivity index (χ3n) is 3.23. The first-order valence-electron chi connectivity index (χ1n) is 6.27. The first kappa shape index (κ1) is 11.5. The molecular formula is C14H15NO2S. The number of piperidine rings is 1. The number of rotatable bonds is 3. The Hall–Kier alpha value is -1.55. The molecule has 0 spiro atoms. The molecule has 0 N–H and O–H groups in total. The number of anilines is 1. The van der Waals surface area contributed by atoms with Crippen molar-refractivity contribution < 1.29 is 9.21 Å². The second kappa shape index (κ2) is 4.98. The Morgan fingerprint density at radius 1 is 1.17 bits per heavy atom. The van der Waals surface area contributed by atoms with Gasteiger partial charge in [-0.15, -0.1) is 11.3 Å². The monoisotopic (exact) mass is 261 g/mol. The summed E-state index contributed by atoms with van der Waals surface area (Å²) in [6.45, 7) is 2.06. The smallest absolute Gasteiger partial charge is 0.238 e. The van der Waals surface area contributed by atoms with Crippen molar-refractivity contribution in [3.8, 4) is 0 Å². The molecule has 1 aliphatic rings. The first-order valence-corrected chi connectivity index (χ1v) is 7.15. The van der Waals surface area contributed by atoms with Gasteiger partial charge in [0, 0.05) is 19.2 Å². The zero-order valence-electron chi connectivity index (χ0n) is 10.1. The Balaban J connectivity index is 1.78. The highest BCUT2D eigenvalue weighted by Gasteiger charge is 2.18. The van der Waals surface area contributed by atoms with Crippen molar-refractivity contribution in [1.29, 1.82) is 0 Å². The van der Waals surface area contributed by atoms with Crippen molar-refractivity contribution in [2.24, 2.45) is 0 Å². The van der Waals surface area contributed by atoms with Crippen molar-refractivity contribution in [2.75, 3.05) is 18.0 Å². The molecule has 0 aromatic carbocycles. The van der Waals surface area contributed by atoms with E-state index in [-0.39, 0.29) is 5.78 Å². The highest BCUT2D eigenvalue weighted by atomic mass is 32.1. The van der Waals surface area contributed by atoms with Crippen LogP contribution in [0.1, 0.15) is 34.7 Å². The van der Waals surface area contributed by atoms with Crippen LogP contribution in [0.15, 0.2) is 34.1 Å². The molecule has 1 fully saturated rings. The second-order valence-corrected chi connectivity index (χ2v) is 5.44. The molecule has 2 aromatic heterocycles. The van der Waals surface area contributed by atoms with Gasteiger partial charge in [0.25, 0.3) is 0 Å². The molecule has 1 aliphatic heterocycles. The van der Waals surface area contributed by atoms with Crippen LogP contribution in [0.4, 0.5) is 5.88 Å². The van der Waals surface area contributed by atoms with Gasteiger partial charge >= 0.3 is 0 Å². The van der Waals surface area contributed by atoms with Crippen LogP contribution in [0.2, 0.25) is 0 Å². The Morgan fingerprint density at radius 2 is 2.00 bits per heavy atom. The number of thiophene rings is 1. The summed E-state index contributed by atoms with van der Waals surface area (Å²) in [5.74, 6) is 1.25. The maximum Gasteiger partial charge on any atom is 0.238 e. The molecule has 4 heteroatoms. The van der Waals surface area contributed by atoms with Crippen LogP contribution < -0.4 is 4.90 Å². The predicted octanol–water partition coefficient (Wildman–Crippen LogP) is 3.56. The molecule has 0 aliphatic carbocycles. The molecule has 1 saturated heterocycles. The lowest BCUT2D eigenvalue weighted by molar-refractivity contribution is 0.101. The van der Waals surface area contributed by atoms with E-state index < -0.39 is 0 Å². The van der Waals surface area contributed by atoms with Gasteiger partial charge in [-0.25, -0.2) is 0 Å². The quantitative estimate of drug-likeness (QED) is 0.792. The fourth-order valence-corrected chi connectivity index (χ4v) is 2.93. The van der Waals surface area contributed by atoms with Gasteiger partial charge in [0.1, 0.15) is 0 Å². The molecule has 0 saturated carbocycles. The summed E-state index contributed by atoms with van der Waals surface area (Å²) in [7, 11) is 0. The standard InChI is InChI=1S/C14H15NO2S/c16-14(12-5-4-10-18-12)11-6-7-13(17-11)15-8-2-1-3-9-15/h4-7,10H,1-3,8-9H2. The zero-order valence-corrected chi connectivity index (χ0v) is 10.9. The maximum atomic E-state index is 12.1. The Kier molecular flexibility index (Phi) is 3.19. The molecule has 3 nitrogen and oxygen atoms in total. The Morgan fingerprint density at radius 3 is 2.72 bits per heavy atom. The van der Waals surface area contributed by atoms with Crippen LogP contribution in [-0.4, -0.2) is 18.9 Å². The number of carbonyl (C=O) groups is 1. The van der Waals surface area contributed by atoms with Crippen LogP contribution in [0, 0.1) is 0 Å². The molecule has 3 heterocycles. The van der Waals surface area contributed by atoms with E-state index in [0.29, 0.717) is 5.76 Å². The van der Waals surface area contributed by atoms with Crippen LogP contribution in [0.5, 0.6) is 0 Å². The van der Waals surface area contributed by atoms with Gasteiger partial charge in [-0.3, -0.25) is 4.79 Å². The summed E-state index contributed by atoms with van der Waals surface area (Å²) in [6.07, 6.45) is 3.70. The van der Waals surface area contributed by atoms with E-state index in [1.54, 1.807) is 6.07 Å². The van der Waals surface area contributed by atoms with Crippen molar-refractivity contribution in [1.82, 2.24) is 0 Å². The average Bonchev–Trinajstić information content (AvgIpc) is 3.10. The molecule has 3 rings (SSSR count). The van der Waals surface area contributed by atoms with Gasteiger partial charge in [0.2, 0.25) is 5.78 Å². The zero-order chi connectivity index (χ0) is 12.4. The average molecular weight is 261 g/mol. The van der Waals surface area contributed by atoms with Gasteiger partial charge in [0.05, 0.1) is 4.88 Å². The van der Waals surface area contributed by atoms with E-state index in [2.05, 4.69) is 4.90 Å². The normalized spacial score (nSPS) is 15.9. The fourth-order valence-electron chi connectivity index (χ4n) is 2.26.